The van der Waals surface area contributed by atoms with E-state index in [0.717, 1.165) is 17.4 Å². The number of hydrogen-bond acceptors (Lipinski definition) is 0. The highest BCUT2D eigenvalue weighted by molar-refractivity contribution is 6.08. The van der Waals surface area contributed by atoms with Gasteiger partial charge in [-0.2, -0.15) is 0 Å². The van der Waals surface area contributed by atoms with Gasteiger partial charge in [0.1, 0.15) is 0 Å². The minimum atomic E-state index is -0.818. The highest BCUT2D eigenvalue weighted by Crippen LogP contribution is 2.31. The van der Waals surface area contributed by atoms with Crippen LogP contribution in [0.15, 0.2) is 66.7 Å². The maximum absolute atomic E-state index is 13.6. The summed E-state index contributed by atoms with van der Waals surface area (Å²) in [5, 5.41) is 4.76. The van der Waals surface area contributed by atoms with Gasteiger partial charge in [-0.25, -0.2) is 8.78 Å². The molecule has 4 aromatic rings. The smallest absolute Gasteiger partial charge is 0.159 e. The molecule has 0 atom stereocenters. The van der Waals surface area contributed by atoms with Gasteiger partial charge in [-0.1, -0.05) is 74.7 Å². The van der Waals surface area contributed by atoms with Crippen LogP contribution in [-0.2, 0) is 6.42 Å². The van der Waals surface area contributed by atoms with E-state index in [1.54, 1.807) is 6.07 Å². The summed E-state index contributed by atoms with van der Waals surface area (Å²) in [5.41, 5.74) is 2.96. The second-order valence-corrected chi connectivity index (χ2v) is 7.50. The van der Waals surface area contributed by atoms with Crippen molar-refractivity contribution < 1.29 is 8.78 Å². The number of fused-ring (bicyclic) bond motifs is 3. The fourth-order valence-electron chi connectivity index (χ4n) is 3.89. The Balaban J connectivity index is 1.67. The molecule has 0 aliphatic heterocycles. The Morgan fingerprint density at radius 3 is 2.04 bits per heavy atom. The fourth-order valence-corrected chi connectivity index (χ4v) is 3.89. The highest BCUT2D eigenvalue weighted by atomic mass is 19.2. The Kier molecular flexibility index (Phi) is 5.38. The number of rotatable bonds is 6. The van der Waals surface area contributed by atoms with Gasteiger partial charge in [0.25, 0.3) is 0 Å². The van der Waals surface area contributed by atoms with Gasteiger partial charge >= 0.3 is 0 Å². The zero-order valence-electron chi connectivity index (χ0n) is 16.1. The molecule has 0 unspecified atom stereocenters. The molecule has 0 nitrogen and oxygen atoms in total. The molecule has 4 rings (SSSR count). The third-order valence-electron chi connectivity index (χ3n) is 5.47. The van der Waals surface area contributed by atoms with E-state index in [0.29, 0.717) is 5.56 Å². The lowest BCUT2D eigenvalue weighted by Crippen LogP contribution is -1.88. The predicted octanol–water partition coefficient (Wildman–Crippen LogP) is 8.06. The van der Waals surface area contributed by atoms with Crippen LogP contribution in [0.4, 0.5) is 8.78 Å². The van der Waals surface area contributed by atoms with E-state index in [1.807, 2.05) is 12.1 Å². The van der Waals surface area contributed by atoms with Crippen LogP contribution in [0.1, 0.15) is 38.2 Å². The van der Waals surface area contributed by atoms with E-state index in [-0.39, 0.29) is 0 Å². The summed E-state index contributed by atoms with van der Waals surface area (Å²) in [4.78, 5) is 0. The summed E-state index contributed by atoms with van der Waals surface area (Å²) in [7, 11) is 0. The van der Waals surface area contributed by atoms with Gasteiger partial charge in [0.15, 0.2) is 11.6 Å². The number of aryl methyl sites for hydroxylation is 1. The number of halogens is 2. The Morgan fingerprint density at radius 1 is 0.607 bits per heavy atom. The van der Waals surface area contributed by atoms with Crippen molar-refractivity contribution >= 4 is 21.5 Å². The monoisotopic (exact) mass is 374 g/mol. The Labute approximate surface area is 164 Å². The van der Waals surface area contributed by atoms with Crippen molar-refractivity contribution in [2.45, 2.75) is 39.0 Å². The van der Waals surface area contributed by atoms with Gasteiger partial charge in [0.05, 0.1) is 0 Å². The Morgan fingerprint density at radius 2 is 1.29 bits per heavy atom. The van der Waals surface area contributed by atoms with Crippen LogP contribution < -0.4 is 0 Å². The molecule has 0 aliphatic rings. The fraction of sp³-hybridized carbons (Fsp3) is 0.231. The molecule has 0 aromatic heterocycles. The minimum Gasteiger partial charge on any atom is -0.204 e. The summed E-state index contributed by atoms with van der Waals surface area (Å²) in [5.74, 6) is -1.64. The molecular formula is C26H24F2. The van der Waals surface area contributed by atoms with Crippen LogP contribution >= 0.6 is 0 Å². The molecule has 0 bridgehead atoms. The lowest BCUT2D eigenvalue weighted by atomic mass is 9.95. The molecule has 0 fully saturated rings. The molecule has 0 heterocycles. The van der Waals surface area contributed by atoms with Crippen molar-refractivity contribution in [2.75, 3.05) is 0 Å². The molecule has 142 valence electrons. The highest BCUT2D eigenvalue weighted by Gasteiger charge is 2.07. The molecule has 4 aromatic carbocycles. The maximum Gasteiger partial charge on any atom is 0.159 e. The summed E-state index contributed by atoms with van der Waals surface area (Å²) >= 11 is 0. The Hall–Kier alpha value is -2.74. The van der Waals surface area contributed by atoms with E-state index >= 15 is 0 Å². The molecule has 0 saturated carbocycles. The molecule has 0 aliphatic carbocycles. The zero-order chi connectivity index (χ0) is 19.5. The first-order valence-corrected chi connectivity index (χ1v) is 10.1. The SMILES string of the molecule is CCCCCCc1ccc2c(ccc3cc(-c4ccc(F)c(F)c4)ccc32)c1. The molecule has 0 amide bonds. The normalized spacial score (nSPS) is 11.4. The van der Waals surface area contributed by atoms with E-state index in [4.69, 9.17) is 0 Å². The largest absolute Gasteiger partial charge is 0.204 e. The van der Waals surface area contributed by atoms with E-state index in [1.165, 1.54) is 59.5 Å². The van der Waals surface area contributed by atoms with Gasteiger partial charge in [-0.3, -0.25) is 0 Å². The summed E-state index contributed by atoms with van der Waals surface area (Å²) in [6.07, 6.45) is 6.22. The van der Waals surface area contributed by atoms with Crippen molar-refractivity contribution in [3.8, 4) is 11.1 Å². The first-order valence-electron chi connectivity index (χ1n) is 10.1. The van der Waals surface area contributed by atoms with Crippen molar-refractivity contribution in [2.24, 2.45) is 0 Å². The Bertz CT molecular complexity index is 1130. The molecule has 0 radical (unpaired) electrons. The second-order valence-electron chi connectivity index (χ2n) is 7.50. The standard InChI is InChI=1S/C26H24F2/c1-2-3-4-5-6-18-7-12-23-21(15-18)8-9-22-16-19(10-13-24(22)23)20-11-14-25(27)26(28)17-20/h7-17H,2-6H2,1H3. The lowest BCUT2D eigenvalue weighted by molar-refractivity contribution is 0.509. The van der Waals surface area contributed by atoms with Crippen LogP contribution in [-0.4, -0.2) is 0 Å². The van der Waals surface area contributed by atoms with Gasteiger partial charge in [0, 0.05) is 0 Å². The third-order valence-corrected chi connectivity index (χ3v) is 5.47. The van der Waals surface area contributed by atoms with Crippen molar-refractivity contribution in [3.05, 3.63) is 83.9 Å². The van der Waals surface area contributed by atoms with E-state index in [2.05, 4.69) is 43.3 Å². The third kappa shape index (κ3) is 3.77. The van der Waals surface area contributed by atoms with Crippen molar-refractivity contribution in [3.63, 3.8) is 0 Å². The molecular weight excluding hydrogens is 350 g/mol. The molecule has 0 spiro atoms. The summed E-state index contributed by atoms with van der Waals surface area (Å²) in [6.45, 7) is 2.24. The van der Waals surface area contributed by atoms with Crippen molar-refractivity contribution in [1.29, 1.82) is 0 Å². The first-order chi connectivity index (χ1) is 13.7. The van der Waals surface area contributed by atoms with Crippen LogP contribution in [0.3, 0.4) is 0 Å². The van der Waals surface area contributed by atoms with E-state index in [9.17, 15) is 8.78 Å². The van der Waals surface area contributed by atoms with Crippen molar-refractivity contribution in [1.82, 2.24) is 0 Å². The summed E-state index contributed by atoms with van der Waals surface area (Å²) < 4.78 is 26.8. The van der Waals surface area contributed by atoms with Crippen LogP contribution in [0.25, 0.3) is 32.7 Å². The first kappa shape index (κ1) is 18.6. The summed E-state index contributed by atoms with van der Waals surface area (Å²) in [6, 6.07) is 21.2. The van der Waals surface area contributed by atoms with Crippen LogP contribution in [0, 0.1) is 11.6 Å². The zero-order valence-corrected chi connectivity index (χ0v) is 16.1. The average molecular weight is 374 g/mol. The lowest BCUT2D eigenvalue weighted by Gasteiger charge is -2.09. The maximum atomic E-state index is 13.6. The topological polar surface area (TPSA) is 0 Å². The minimum absolute atomic E-state index is 0.684. The number of benzene rings is 4. The molecule has 28 heavy (non-hydrogen) atoms. The van der Waals surface area contributed by atoms with Gasteiger partial charge in [-0.05, 0) is 69.3 Å². The van der Waals surface area contributed by atoms with Gasteiger partial charge in [0.2, 0.25) is 0 Å². The van der Waals surface area contributed by atoms with Crippen LogP contribution in [0.2, 0.25) is 0 Å². The predicted molar refractivity (Wildman–Crippen MR) is 115 cm³/mol. The number of hydrogen-bond donors (Lipinski definition) is 0. The molecule has 2 heteroatoms. The average Bonchev–Trinajstić information content (AvgIpc) is 2.72. The number of unbranched alkanes of at least 4 members (excludes halogenated alkanes) is 3. The molecule has 0 saturated heterocycles. The second kappa shape index (κ2) is 8.10. The van der Waals surface area contributed by atoms with Gasteiger partial charge in [-0.15, -0.1) is 0 Å². The van der Waals surface area contributed by atoms with Gasteiger partial charge < -0.3 is 0 Å². The quantitative estimate of drug-likeness (QED) is 0.236. The molecule has 0 N–H and O–H groups in total. The van der Waals surface area contributed by atoms with E-state index < -0.39 is 11.6 Å². The van der Waals surface area contributed by atoms with Crippen LogP contribution in [0.5, 0.6) is 0 Å².